The molecular formula is C17H23Cl2N3O3. The number of para-hydroxylation sites is 1. The Balaban J connectivity index is 1.82. The van der Waals surface area contributed by atoms with Gasteiger partial charge in [0.2, 0.25) is 11.8 Å². The van der Waals surface area contributed by atoms with E-state index in [0.717, 1.165) is 32.8 Å². The van der Waals surface area contributed by atoms with Gasteiger partial charge in [0.25, 0.3) is 0 Å². The van der Waals surface area contributed by atoms with Crippen molar-refractivity contribution in [2.24, 2.45) is 0 Å². The van der Waals surface area contributed by atoms with Crippen LogP contribution in [0.4, 0.5) is 5.69 Å². The molecule has 1 aromatic rings. The molecule has 0 atom stereocenters. The summed E-state index contributed by atoms with van der Waals surface area (Å²) < 4.78 is 5.29. The number of morpholine rings is 1. The van der Waals surface area contributed by atoms with E-state index in [-0.39, 0.29) is 24.8 Å². The average Bonchev–Trinajstić information content (AvgIpc) is 2.58. The van der Waals surface area contributed by atoms with Gasteiger partial charge in [-0.2, -0.15) is 0 Å². The molecule has 6 nitrogen and oxygen atoms in total. The SMILES string of the molecule is CC(=O)N(CCC(=O)NCCN1CCOCC1)c1c(Cl)cccc1Cl. The van der Waals surface area contributed by atoms with Gasteiger partial charge in [-0.1, -0.05) is 29.3 Å². The zero-order valence-corrected chi connectivity index (χ0v) is 15.8. The third-order valence-electron chi connectivity index (χ3n) is 4.00. The van der Waals surface area contributed by atoms with Crippen molar-refractivity contribution in [3.05, 3.63) is 28.2 Å². The van der Waals surface area contributed by atoms with Crippen LogP contribution in [0, 0.1) is 0 Å². The molecule has 0 bridgehead atoms. The summed E-state index contributed by atoms with van der Waals surface area (Å²) in [6.07, 6.45) is 0.185. The van der Waals surface area contributed by atoms with Gasteiger partial charge in [-0.3, -0.25) is 14.5 Å². The number of hydrogen-bond donors (Lipinski definition) is 1. The summed E-state index contributed by atoms with van der Waals surface area (Å²) in [5.41, 5.74) is 0.444. The van der Waals surface area contributed by atoms with Crippen molar-refractivity contribution in [1.29, 1.82) is 0 Å². The van der Waals surface area contributed by atoms with Crippen LogP contribution in [0.15, 0.2) is 18.2 Å². The van der Waals surface area contributed by atoms with Crippen molar-refractivity contribution in [2.75, 3.05) is 50.8 Å². The van der Waals surface area contributed by atoms with Gasteiger partial charge in [0.1, 0.15) is 0 Å². The minimum absolute atomic E-state index is 0.109. The molecule has 0 unspecified atom stereocenters. The lowest BCUT2D eigenvalue weighted by Crippen LogP contribution is -2.42. The molecule has 1 N–H and O–H groups in total. The molecule has 1 aliphatic heterocycles. The van der Waals surface area contributed by atoms with Crippen LogP contribution in [-0.4, -0.2) is 62.7 Å². The number of amides is 2. The second kappa shape index (κ2) is 9.97. The third kappa shape index (κ3) is 6.15. The first kappa shape index (κ1) is 20.0. The van der Waals surface area contributed by atoms with Crippen LogP contribution in [0.5, 0.6) is 0 Å². The van der Waals surface area contributed by atoms with Gasteiger partial charge in [0.05, 0.1) is 28.9 Å². The van der Waals surface area contributed by atoms with Gasteiger partial charge >= 0.3 is 0 Å². The quantitative estimate of drug-likeness (QED) is 0.778. The Morgan fingerprint density at radius 3 is 2.48 bits per heavy atom. The molecule has 1 aliphatic rings. The molecule has 0 saturated carbocycles. The van der Waals surface area contributed by atoms with E-state index in [4.69, 9.17) is 27.9 Å². The number of ether oxygens (including phenoxy) is 1. The molecule has 8 heteroatoms. The second-order valence-corrected chi connectivity index (χ2v) is 6.61. The van der Waals surface area contributed by atoms with Crippen LogP contribution in [0.25, 0.3) is 0 Å². The minimum atomic E-state index is -0.212. The van der Waals surface area contributed by atoms with E-state index in [1.54, 1.807) is 18.2 Å². The van der Waals surface area contributed by atoms with Crippen molar-refractivity contribution in [1.82, 2.24) is 10.2 Å². The molecule has 0 aromatic heterocycles. The number of carbonyl (C=O) groups is 2. The minimum Gasteiger partial charge on any atom is -0.379 e. The van der Waals surface area contributed by atoms with Crippen molar-refractivity contribution < 1.29 is 14.3 Å². The van der Waals surface area contributed by atoms with Crippen LogP contribution in [0.1, 0.15) is 13.3 Å². The summed E-state index contributed by atoms with van der Waals surface area (Å²) in [6, 6.07) is 5.05. The number of rotatable bonds is 7. The van der Waals surface area contributed by atoms with Gasteiger partial charge in [-0.15, -0.1) is 0 Å². The highest BCUT2D eigenvalue weighted by molar-refractivity contribution is 6.39. The third-order valence-corrected chi connectivity index (χ3v) is 4.61. The van der Waals surface area contributed by atoms with Crippen LogP contribution in [-0.2, 0) is 14.3 Å². The first-order chi connectivity index (χ1) is 12.0. The zero-order chi connectivity index (χ0) is 18.2. The van der Waals surface area contributed by atoms with Gasteiger partial charge in [0, 0.05) is 46.1 Å². The van der Waals surface area contributed by atoms with Crippen LogP contribution >= 0.6 is 23.2 Å². The molecule has 0 radical (unpaired) electrons. The van der Waals surface area contributed by atoms with E-state index in [1.165, 1.54) is 11.8 Å². The topological polar surface area (TPSA) is 61.9 Å². The highest BCUT2D eigenvalue weighted by Gasteiger charge is 2.19. The normalized spacial score (nSPS) is 15.0. The zero-order valence-electron chi connectivity index (χ0n) is 14.3. The van der Waals surface area contributed by atoms with E-state index in [1.807, 2.05) is 0 Å². The second-order valence-electron chi connectivity index (χ2n) is 5.79. The molecule has 2 amide bonds. The summed E-state index contributed by atoms with van der Waals surface area (Å²) in [5.74, 6) is -0.321. The molecule has 25 heavy (non-hydrogen) atoms. The van der Waals surface area contributed by atoms with Crippen LogP contribution in [0.3, 0.4) is 0 Å². The average molecular weight is 388 g/mol. The number of hydrogen-bond acceptors (Lipinski definition) is 4. The predicted octanol–water partition coefficient (Wildman–Crippen LogP) is 2.18. The van der Waals surface area contributed by atoms with Gasteiger partial charge < -0.3 is 15.0 Å². The smallest absolute Gasteiger partial charge is 0.223 e. The fraction of sp³-hybridized carbons (Fsp3) is 0.529. The summed E-state index contributed by atoms with van der Waals surface area (Å²) in [5, 5.41) is 3.65. The van der Waals surface area contributed by atoms with Crippen LogP contribution in [0.2, 0.25) is 10.0 Å². The van der Waals surface area contributed by atoms with Crippen molar-refractivity contribution >= 4 is 40.7 Å². The lowest BCUT2D eigenvalue weighted by molar-refractivity contribution is -0.121. The molecular weight excluding hydrogens is 365 g/mol. The number of carbonyl (C=O) groups excluding carboxylic acids is 2. The highest BCUT2D eigenvalue weighted by Crippen LogP contribution is 2.33. The maximum atomic E-state index is 12.1. The molecule has 2 rings (SSSR count). The lowest BCUT2D eigenvalue weighted by Gasteiger charge is -2.26. The number of nitrogens with one attached hydrogen (secondary N) is 1. The van der Waals surface area contributed by atoms with Gasteiger partial charge in [-0.05, 0) is 12.1 Å². The Morgan fingerprint density at radius 2 is 1.88 bits per heavy atom. The Bertz CT molecular complexity index is 587. The Labute approximate surface area is 158 Å². The Morgan fingerprint density at radius 1 is 1.24 bits per heavy atom. The molecule has 0 spiro atoms. The van der Waals surface area contributed by atoms with Gasteiger partial charge in [-0.25, -0.2) is 0 Å². The number of nitrogens with zero attached hydrogens (tertiary/aromatic N) is 2. The van der Waals surface area contributed by atoms with E-state index >= 15 is 0 Å². The lowest BCUT2D eigenvalue weighted by atomic mass is 10.2. The summed E-state index contributed by atoms with van der Waals surface area (Å²) >= 11 is 12.3. The fourth-order valence-corrected chi connectivity index (χ4v) is 3.26. The monoisotopic (exact) mass is 387 g/mol. The number of anilines is 1. The Hall–Kier alpha value is -1.34. The highest BCUT2D eigenvalue weighted by atomic mass is 35.5. The van der Waals surface area contributed by atoms with E-state index < -0.39 is 0 Å². The number of benzene rings is 1. The summed E-state index contributed by atoms with van der Waals surface area (Å²) in [7, 11) is 0. The van der Waals surface area contributed by atoms with Crippen molar-refractivity contribution in [2.45, 2.75) is 13.3 Å². The predicted molar refractivity (Wildman–Crippen MR) is 99.4 cm³/mol. The first-order valence-corrected chi connectivity index (χ1v) is 9.03. The van der Waals surface area contributed by atoms with Crippen LogP contribution < -0.4 is 10.2 Å². The van der Waals surface area contributed by atoms with E-state index in [2.05, 4.69) is 10.2 Å². The van der Waals surface area contributed by atoms with E-state index in [9.17, 15) is 9.59 Å². The number of halogens is 2. The van der Waals surface area contributed by atoms with Crippen molar-refractivity contribution in [3.8, 4) is 0 Å². The molecule has 0 aliphatic carbocycles. The molecule has 1 fully saturated rings. The molecule has 1 aromatic carbocycles. The molecule has 1 heterocycles. The maximum absolute atomic E-state index is 12.1. The Kier molecular flexibility index (Phi) is 7.96. The van der Waals surface area contributed by atoms with Gasteiger partial charge in [0.15, 0.2) is 0 Å². The summed E-state index contributed by atoms with van der Waals surface area (Å²) in [6.45, 7) is 6.27. The largest absolute Gasteiger partial charge is 0.379 e. The molecule has 1 saturated heterocycles. The fourth-order valence-electron chi connectivity index (χ4n) is 2.65. The summed E-state index contributed by atoms with van der Waals surface area (Å²) in [4.78, 5) is 27.7. The van der Waals surface area contributed by atoms with Crippen molar-refractivity contribution in [3.63, 3.8) is 0 Å². The molecule has 138 valence electrons. The maximum Gasteiger partial charge on any atom is 0.223 e. The standard InChI is InChI=1S/C17H23Cl2N3O3/c1-13(23)22(17-14(18)3-2-4-15(17)19)7-5-16(24)20-6-8-21-9-11-25-12-10-21/h2-4H,5-12H2,1H3,(H,20,24). The van der Waals surface area contributed by atoms with E-state index in [0.29, 0.717) is 22.3 Å². The first-order valence-electron chi connectivity index (χ1n) is 8.28.